The smallest absolute Gasteiger partial charge is 0.224 e. The Balaban J connectivity index is 1.93. The molecule has 0 aliphatic carbocycles. The highest BCUT2D eigenvalue weighted by Crippen LogP contribution is 2.07. The second-order valence-electron chi connectivity index (χ2n) is 4.30. The summed E-state index contributed by atoms with van der Waals surface area (Å²) in [6.07, 6.45) is 4.74. The van der Waals surface area contributed by atoms with Gasteiger partial charge in [-0.2, -0.15) is 5.10 Å². The second kappa shape index (κ2) is 6.70. The molecule has 3 N–H and O–H groups in total. The molecule has 0 atom stereocenters. The van der Waals surface area contributed by atoms with Gasteiger partial charge in [0.05, 0.1) is 18.3 Å². The largest absolute Gasteiger partial charge is 0.356 e. The summed E-state index contributed by atoms with van der Waals surface area (Å²) in [6, 6.07) is 9.81. The van der Waals surface area contributed by atoms with Gasteiger partial charge >= 0.3 is 0 Å². The number of nitrogens with one attached hydrogen (secondary N) is 1. The molecule has 2 aromatic rings. The Morgan fingerprint density at radius 1 is 1.32 bits per heavy atom. The summed E-state index contributed by atoms with van der Waals surface area (Å²) in [4.78, 5) is 11.6. The Morgan fingerprint density at radius 3 is 2.84 bits per heavy atom. The lowest BCUT2D eigenvalue weighted by Crippen LogP contribution is -2.27. The van der Waals surface area contributed by atoms with Crippen molar-refractivity contribution < 1.29 is 4.79 Å². The standard InChI is InChI=1S/C14H18N4O/c15-7-4-8-16-14(19)9-12-10-17-18(11-12)13-5-2-1-3-6-13/h1-3,5-6,10-11H,4,7-9,15H2,(H,16,19). The van der Waals surface area contributed by atoms with Crippen molar-refractivity contribution in [1.82, 2.24) is 15.1 Å². The van der Waals surface area contributed by atoms with E-state index in [9.17, 15) is 4.79 Å². The van der Waals surface area contributed by atoms with Crippen LogP contribution in [0.5, 0.6) is 0 Å². The number of benzene rings is 1. The molecule has 1 aromatic heterocycles. The third-order valence-electron chi connectivity index (χ3n) is 2.72. The van der Waals surface area contributed by atoms with E-state index in [4.69, 9.17) is 5.73 Å². The summed E-state index contributed by atoms with van der Waals surface area (Å²) in [5.74, 6) is 0.000983. The zero-order valence-electron chi connectivity index (χ0n) is 10.7. The number of nitrogens with two attached hydrogens (primary N) is 1. The molecule has 0 spiro atoms. The molecule has 0 saturated heterocycles. The van der Waals surface area contributed by atoms with Gasteiger partial charge in [0.1, 0.15) is 0 Å². The Labute approximate surface area is 112 Å². The molecule has 0 aliphatic rings. The lowest BCUT2D eigenvalue weighted by atomic mass is 10.2. The molecule has 100 valence electrons. The van der Waals surface area contributed by atoms with Crippen LogP contribution in [0.2, 0.25) is 0 Å². The molecule has 0 radical (unpaired) electrons. The van der Waals surface area contributed by atoms with E-state index in [0.717, 1.165) is 17.7 Å². The third-order valence-corrected chi connectivity index (χ3v) is 2.72. The van der Waals surface area contributed by atoms with E-state index < -0.39 is 0 Å². The predicted molar refractivity (Wildman–Crippen MR) is 73.9 cm³/mol. The van der Waals surface area contributed by atoms with Crippen LogP contribution in [-0.2, 0) is 11.2 Å². The van der Waals surface area contributed by atoms with E-state index >= 15 is 0 Å². The highest BCUT2D eigenvalue weighted by atomic mass is 16.1. The minimum absolute atomic E-state index is 0.000983. The molecular formula is C14H18N4O. The minimum atomic E-state index is 0.000983. The first-order valence-electron chi connectivity index (χ1n) is 6.35. The molecule has 0 fully saturated rings. The normalized spacial score (nSPS) is 10.4. The van der Waals surface area contributed by atoms with Crippen molar-refractivity contribution in [3.8, 4) is 5.69 Å². The van der Waals surface area contributed by atoms with Crippen LogP contribution in [0.15, 0.2) is 42.7 Å². The molecule has 1 amide bonds. The van der Waals surface area contributed by atoms with Crippen LogP contribution >= 0.6 is 0 Å². The summed E-state index contributed by atoms with van der Waals surface area (Å²) < 4.78 is 1.77. The van der Waals surface area contributed by atoms with Gasteiger partial charge < -0.3 is 11.1 Å². The molecule has 1 heterocycles. The molecule has 0 bridgehead atoms. The number of amides is 1. The van der Waals surface area contributed by atoms with Gasteiger partial charge in [-0.1, -0.05) is 18.2 Å². The van der Waals surface area contributed by atoms with E-state index in [1.54, 1.807) is 10.9 Å². The number of nitrogens with zero attached hydrogens (tertiary/aromatic N) is 2. The maximum atomic E-state index is 11.6. The van der Waals surface area contributed by atoms with Crippen LogP contribution in [0.25, 0.3) is 5.69 Å². The monoisotopic (exact) mass is 258 g/mol. The van der Waals surface area contributed by atoms with Crippen LogP contribution in [0.1, 0.15) is 12.0 Å². The first-order valence-corrected chi connectivity index (χ1v) is 6.35. The fraction of sp³-hybridized carbons (Fsp3) is 0.286. The Morgan fingerprint density at radius 2 is 2.11 bits per heavy atom. The molecule has 2 rings (SSSR count). The number of hydrogen-bond donors (Lipinski definition) is 2. The molecule has 0 saturated carbocycles. The average Bonchev–Trinajstić information content (AvgIpc) is 2.88. The van der Waals surface area contributed by atoms with Gasteiger partial charge in [-0.3, -0.25) is 4.79 Å². The lowest BCUT2D eigenvalue weighted by molar-refractivity contribution is -0.120. The summed E-state index contributed by atoms with van der Waals surface area (Å²) in [7, 11) is 0. The van der Waals surface area contributed by atoms with Crippen molar-refractivity contribution in [3.05, 3.63) is 48.3 Å². The zero-order valence-corrected chi connectivity index (χ0v) is 10.7. The van der Waals surface area contributed by atoms with Crippen LogP contribution in [0.3, 0.4) is 0 Å². The number of rotatable bonds is 6. The predicted octanol–water partition coefficient (Wildman–Crippen LogP) is 0.880. The second-order valence-corrected chi connectivity index (χ2v) is 4.30. The van der Waals surface area contributed by atoms with E-state index in [1.807, 2.05) is 36.5 Å². The molecule has 0 aliphatic heterocycles. The van der Waals surface area contributed by atoms with Gasteiger partial charge in [-0.15, -0.1) is 0 Å². The lowest BCUT2D eigenvalue weighted by Gasteiger charge is -2.02. The van der Waals surface area contributed by atoms with Crippen molar-refractivity contribution in [2.45, 2.75) is 12.8 Å². The molecular weight excluding hydrogens is 240 g/mol. The van der Waals surface area contributed by atoms with Gasteiger partial charge in [0.2, 0.25) is 5.91 Å². The maximum Gasteiger partial charge on any atom is 0.224 e. The van der Waals surface area contributed by atoms with E-state index in [0.29, 0.717) is 19.5 Å². The topological polar surface area (TPSA) is 72.9 Å². The van der Waals surface area contributed by atoms with Gasteiger partial charge in [0, 0.05) is 12.7 Å². The molecule has 1 aromatic carbocycles. The summed E-state index contributed by atoms with van der Waals surface area (Å²) in [5.41, 5.74) is 7.25. The van der Waals surface area contributed by atoms with E-state index in [1.165, 1.54) is 0 Å². The minimum Gasteiger partial charge on any atom is -0.356 e. The van der Waals surface area contributed by atoms with Gasteiger partial charge in [-0.05, 0) is 30.7 Å². The third kappa shape index (κ3) is 3.93. The first kappa shape index (κ1) is 13.3. The number of aromatic nitrogens is 2. The fourth-order valence-electron chi connectivity index (χ4n) is 1.75. The van der Waals surface area contributed by atoms with Crippen molar-refractivity contribution in [3.63, 3.8) is 0 Å². The fourth-order valence-corrected chi connectivity index (χ4v) is 1.75. The summed E-state index contributed by atoms with van der Waals surface area (Å²) in [6.45, 7) is 1.22. The molecule has 5 heteroatoms. The van der Waals surface area contributed by atoms with Crippen molar-refractivity contribution in [1.29, 1.82) is 0 Å². The highest BCUT2D eigenvalue weighted by Gasteiger charge is 2.05. The van der Waals surface area contributed by atoms with Crippen LogP contribution in [-0.4, -0.2) is 28.8 Å². The Hall–Kier alpha value is -2.14. The highest BCUT2D eigenvalue weighted by molar-refractivity contribution is 5.78. The quantitative estimate of drug-likeness (QED) is 0.755. The molecule has 0 unspecified atom stereocenters. The van der Waals surface area contributed by atoms with Crippen molar-refractivity contribution in [2.75, 3.05) is 13.1 Å². The number of para-hydroxylation sites is 1. The van der Waals surface area contributed by atoms with Crippen LogP contribution in [0.4, 0.5) is 0 Å². The number of carbonyl (C=O) groups is 1. The van der Waals surface area contributed by atoms with Crippen molar-refractivity contribution in [2.24, 2.45) is 5.73 Å². The molecule has 5 nitrogen and oxygen atoms in total. The SMILES string of the molecule is NCCCNC(=O)Cc1cnn(-c2ccccc2)c1. The van der Waals surface area contributed by atoms with Gasteiger partial charge in [0.25, 0.3) is 0 Å². The van der Waals surface area contributed by atoms with Crippen LogP contribution in [0, 0.1) is 0 Å². The maximum absolute atomic E-state index is 11.6. The van der Waals surface area contributed by atoms with E-state index in [-0.39, 0.29) is 5.91 Å². The average molecular weight is 258 g/mol. The Kier molecular flexibility index (Phi) is 4.69. The van der Waals surface area contributed by atoms with E-state index in [2.05, 4.69) is 10.4 Å². The van der Waals surface area contributed by atoms with Crippen molar-refractivity contribution >= 4 is 5.91 Å². The summed E-state index contributed by atoms with van der Waals surface area (Å²) in [5, 5.41) is 7.08. The zero-order chi connectivity index (χ0) is 13.5. The summed E-state index contributed by atoms with van der Waals surface area (Å²) >= 11 is 0. The van der Waals surface area contributed by atoms with Gasteiger partial charge in [-0.25, -0.2) is 4.68 Å². The number of carbonyl (C=O) groups excluding carboxylic acids is 1. The number of hydrogen-bond acceptors (Lipinski definition) is 3. The van der Waals surface area contributed by atoms with Gasteiger partial charge in [0.15, 0.2) is 0 Å². The molecule has 19 heavy (non-hydrogen) atoms. The Bertz CT molecular complexity index is 521. The van der Waals surface area contributed by atoms with Crippen LogP contribution < -0.4 is 11.1 Å². The first-order chi connectivity index (χ1) is 9.29.